The van der Waals surface area contributed by atoms with Gasteiger partial charge in [-0.2, -0.15) is 0 Å². The molecule has 1 saturated heterocycles. The van der Waals surface area contributed by atoms with Gasteiger partial charge in [0.1, 0.15) is 9.84 Å². The van der Waals surface area contributed by atoms with Gasteiger partial charge < -0.3 is 20.3 Å². The molecule has 0 spiro atoms. The third-order valence-corrected chi connectivity index (χ3v) is 5.32. The molecule has 0 aromatic rings. The lowest BCUT2D eigenvalue weighted by atomic mass is 10.3. The molecule has 2 rings (SSSR count). The molecule has 164 valence electrons. The Hall–Kier alpha value is -0.660. The van der Waals surface area contributed by atoms with E-state index in [0.717, 1.165) is 51.5 Å². The van der Waals surface area contributed by atoms with Gasteiger partial charge in [0.15, 0.2) is 5.96 Å². The monoisotopic (exact) mass is 531 g/mol. The second-order valence-corrected chi connectivity index (χ2v) is 9.34. The predicted octanol–water partition coefficient (Wildman–Crippen LogP) is -0.473. The van der Waals surface area contributed by atoms with Gasteiger partial charge >= 0.3 is 0 Å². The lowest BCUT2D eigenvalue weighted by Crippen LogP contribution is -2.54. The Morgan fingerprint density at radius 3 is 2.43 bits per heavy atom. The van der Waals surface area contributed by atoms with Gasteiger partial charge in [-0.1, -0.05) is 0 Å². The van der Waals surface area contributed by atoms with E-state index in [2.05, 4.69) is 25.4 Å². The molecule has 0 radical (unpaired) electrons. The first-order chi connectivity index (χ1) is 12.9. The summed E-state index contributed by atoms with van der Waals surface area (Å²) in [5, 5.41) is 6.31. The van der Waals surface area contributed by atoms with Crippen molar-refractivity contribution in [3.8, 4) is 0 Å². The first-order valence-electron chi connectivity index (χ1n) is 9.68. The van der Waals surface area contributed by atoms with E-state index >= 15 is 0 Å². The standard InChI is InChI=1S/C17H33N5O4S.HI/c1-3-18-17(19-6-11-26-12-13-27(2,24)25)22-9-7-21(8-10-22)14-16(23)20-15-4-5-15;/h15H,3-14H2,1-2H3,(H,18,19)(H,20,23);1H. The normalized spacial score (nSPS) is 18.5. The maximum atomic E-state index is 11.9. The van der Waals surface area contributed by atoms with Crippen molar-refractivity contribution in [3.05, 3.63) is 0 Å². The van der Waals surface area contributed by atoms with Crippen LogP contribution in [0.1, 0.15) is 19.8 Å². The number of nitrogens with one attached hydrogen (secondary N) is 2. The molecule has 28 heavy (non-hydrogen) atoms. The third kappa shape index (κ3) is 10.8. The van der Waals surface area contributed by atoms with Gasteiger partial charge in [-0.05, 0) is 19.8 Å². The summed E-state index contributed by atoms with van der Waals surface area (Å²) in [5.74, 6) is 0.997. The number of hydrogen-bond donors (Lipinski definition) is 2. The summed E-state index contributed by atoms with van der Waals surface area (Å²) in [7, 11) is -2.99. The third-order valence-electron chi connectivity index (χ3n) is 4.41. The van der Waals surface area contributed by atoms with E-state index in [0.29, 0.717) is 25.7 Å². The van der Waals surface area contributed by atoms with Gasteiger partial charge in [0, 0.05) is 45.0 Å². The zero-order valence-electron chi connectivity index (χ0n) is 16.9. The fourth-order valence-electron chi connectivity index (χ4n) is 2.78. The molecule has 11 heteroatoms. The Balaban J connectivity index is 0.00000392. The van der Waals surface area contributed by atoms with E-state index in [9.17, 15) is 13.2 Å². The minimum atomic E-state index is -2.99. The Kier molecular flexibility index (Phi) is 11.6. The number of aliphatic imine (C=N–C) groups is 1. The Labute approximate surface area is 185 Å². The average Bonchev–Trinajstić information content (AvgIpc) is 3.40. The molecular formula is C17H34IN5O4S. The molecule has 0 bridgehead atoms. The van der Waals surface area contributed by atoms with Gasteiger partial charge in [0.2, 0.25) is 5.91 Å². The molecule has 0 atom stereocenters. The molecule has 2 fully saturated rings. The molecule has 1 aliphatic carbocycles. The molecule has 2 aliphatic rings. The smallest absolute Gasteiger partial charge is 0.234 e. The summed E-state index contributed by atoms with van der Waals surface area (Å²) in [6.07, 6.45) is 3.42. The summed E-state index contributed by atoms with van der Waals surface area (Å²) < 4.78 is 27.5. The highest BCUT2D eigenvalue weighted by Gasteiger charge is 2.25. The molecule has 0 aromatic heterocycles. The number of carbonyl (C=O) groups excluding carboxylic acids is 1. The van der Waals surface area contributed by atoms with Gasteiger partial charge in [0.25, 0.3) is 0 Å². The Morgan fingerprint density at radius 2 is 1.86 bits per heavy atom. The molecule has 9 nitrogen and oxygen atoms in total. The zero-order valence-corrected chi connectivity index (χ0v) is 20.0. The zero-order chi connectivity index (χ0) is 19.7. The molecular weight excluding hydrogens is 497 g/mol. The number of rotatable bonds is 10. The number of piperazine rings is 1. The number of sulfone groups is 1. The summed E-state index contributed by atoms with van der Waals surface area (Å²) in [6, 6.07) is 0.408. The quantitative estimate of drug-likeness (QED) is 0.170. The number of ether oxygens (including phenoxy) is 1. The predicted molar refractivity (Wildman–Crippen MR) is 121 cm³/mol. The van der Waals surface area contributed by atoms with Crippen molar-refractivity contribution in [2.24, 2.45) is 4.99 Å². The number of hydrogen-bond acceptors (Lipinski definition) is 6. The Bertz CT molecular complexity index is 605. The summed E-state index contributed by atoms with van der Waals surface area (Å²) >= 11 is 0. The SMILES string of the molecule is CCNC(=NCCOCCS(C)(=O)=O)N1CCN(CC(=O)NC2CC2)CC1.I. The number of nitrogens with zero attached hydrogens (tertiary/aromatic N) is 3. The molecule has 1 amide bonds. The molecule has 1 aliphatic heterocycles. The van der Waals surface area contributed by atoms with Crippen LogP contribution in [0, 0.1) is 0 Å². The van der Waals surface area contributed by atoms with Gasteiger partial charge in [-0.15, -0.1) is 24.0 Å². The molecule has 2 N–H and O–H groups in total. The second-order valence-electron chi connectivity index (χ2n) is 7.08. The van der Waals surface area contributed by atoms with Gasteiger partial charge in [-0.25, -0.2) is 8.42 Å². The van der Waals surface area contributed by atoms with Crippen LogP contribution < -0.4 is 10.6 Å². The van der Waals surface area contributed by atoms with Crippen LogP contribution in [0.25, 0.3) is 0 Å². The van der Waals surface area contributed by atoms with Crippen LogP contribution in [-0.4, -0.2) is 107 Å². The van der Waals surface area contributed by atoms with E-state index in [4.69, 9.17) is 4.74 Å². The van der Waals surface area contributed by atoms with Crippen molar-refractivity contribution in [3.63, 3.8) is 0 Å². The van der Waals surface area contributed by atoms with Crippen molar-refractivity contribution in [2.75, 3.05) is 71.0 Å². The largest absolute Gasteiger partial charge is 0.378 e. The van der Waals surface area contributed by atoms with Crippen molar-refractivity contribution in [1.82, 2.24) is 20.4 Å². The maximum Gasteiger partial charge on any atom is 0.234 e. The highest BCUT2D eigenvalue weighted by Crippen LogP contribution is 2.18. The van der Waals surface area contributed by atoms with Gasteiger partial charge in [0.05, 0.1) is 32.1 Å². The maximum absolute atomic E-state index is 11.9. The highest BCUT2D eigenvalue weighted by atomic mass is 127. The minimum Gasteiger partial charge on any atom is -0.378 e. The topological polar surface area (TPSA) is 103 Å². The van der Waals surface area contributed by atoms with E-state index in [1.807, 2.05) is 6.92 Å². The average molecular weight is 531 g/mol. The van der Waals surface area contributed by atoms with Gasteiger partial charge in [-0.3, -0.25) is 14.7 Å². The van der Waals surface area contributed by atoms with E-state index < -0.39 is 9.84 Å². The first kappa shape index (κ1) is 25.4. The molecule has 1 heterocycles. The van der Waals surface area contributed by atoms with Crippen LogP contribution >= 0.6 is 24.0 Å². The number of guanidine groups is 1. The van der Waals surface area contributed by atoms with Crippen LogP contribution in [0.3, 0.4) is 0 Å². The number of carbonyl (C=O) groups is 1. The van der Waals surface area contributed by atoms with Crippen LogP contribution in [0.4, 0.5) is 0 Å². The summed E-state index contributed by atoms with van der Waals surface area (Å²) in [5.41, 5.74) is 0. The molecule has 1 saturated carbocycles. The van der Waals surface area contributed by atoms with Crippen LogP contribution in [0.2, 0.25) is 0 Å². The van der Waals surface area contributed by atoms with Crippen molar-refractivity contribution in [2.45, 2.75) is 25.8 Å². The van der Waals surface area contributed by atoms with E-state index in [1.165, 1.54) is 6.26 Å². The lowest BCUT2D eigenvalue weighted by Gasteiger charge is -2.36. The van der Waals surface area contributed by atoms with E-state index in [1.54, 1.807) is 0 Å². The summed E-state index contributed by atoms with van der Waals surface area (Å²) in [6.45, 7) is 7.63. The molecule has 0 aromatic carbocycles. The molecule has 0 unspecified atom stereocenters. The highest BCUT2D eigenvalue weighted by molar-refractivity contribution is 14.0. The Morgan fingerprint density at radius 1 is 1.18 bits per heavy atom. The van der Waals surface area contributed by atoms with Crippen molar-refractivity contribution < 1.29 is 17.9 Å². The van der Waals surface area contributed by atoms with Crippen molar-refractivity contribution >= 4 is 45.7 Å². The van der Waals surface area contributed by atoms with E-state index in [-0.39, 0.29) is 42.2 Å². The first-order valence-corrected chi connectivity index (χ1v) is 11.7. The van der Waals surface area contributed by atoms with Crippen molar-refractivity contribution in [1.29, 1.82) is 0 Å². The second kappa shape index (κ2) is 12.8. The number of halogens is 1. The van der Waals surface area contributed by atoms with Crippen LogP contribution in [0.5, 0.6) is 0 Å². The fraction of sp³-hybridized carbons (Fsp3) is 0.882. The summed E-state index contributed by atoms with van der Waals surface area (Å²) in [4.78, 5) is 20.8. The fourth-order valence-corrected chi connectivity index (χ4v) is 3.20. The number of amides is 1. The lowest BCUT2D eigenvalue weighted by molar-refractivity contribution is -0.122. The van der Waals surface area contributed by atoms with Crippen LogP contribution in [-0.2, 0) is 19.4 Å². The van der Waals surface area contributed by atoms with Crippen LogP contribution in [0.15, 0.2) is 4.99 Å². The minimum absolute atomic E-state index is 0.